The molecule has 142 valence electrons. The number of aromatic nitrogens is 1. The van der Waals surface area contributed by atoms with Crippen LogP contribution in [0.1, 0.15) is 24.6 Å². The molecule has 1 amide bonds. The summed E-state index contributed by atoms with van der Waals surface area (Å²) in [5, 5.41) is 0. The van der Waals surface area contributed by atoms with E-state index >= 15 is 0 Å². The molecule has 0 unspecified atom stereocenters. The Balaban J connectivity index is 1.28. The van der Waals surface area contributed by atoms with Crippen molar-refractivity contribution < 1.29 is 18.7 Å². The highest BCUT2D eigenvalue weighted by Gasteiger charge is 2.33. The number of pyridine rings is 1. The van der Waals surface area contributed by atoms with Gasteiger partial charge in [0.1, 0.15) is 11.9 Å². The molecule has 4 rings (SSSR count). The molecule has 2 aromatic rings. The van der Waals surface area contributed by atoms with Gasteiger partial charge in [-0.05, 0) is 38.0 Å². The number of aryl methyl sites for hydroxylation is 1. The van der Waals surface area contributed by atoms with E-state index in [-0.39, 0.29) is 29.9 Å². The van der Waals surface area contributed by atoms with Crippen LogP contribution in [0.3, 0.4) is 0 Å². The molecule has 0 N–H and O–H groups in total. The van der Waals surface area contributed by atoms with E-state index in [2.05, 4.69) is 0 Å². The molecule has 1 aromatic heterocycles. The van der Waals surface area contributed by atoms with Crippen LogP contribution in [0.25, 0.3) is 0 Å². The van der Waals surface area contributed by atoms with Crippen LogP contribution < -0.4 is 15.0 Å². The number of para-hydroxylation sites is 1. The fraction of sp³-hybridized carbons (Fsp3) is 0.400. The van der Waals surface area contributed by atoms with Gasteiger partial charge in [0.15, 0.2) is 18.2 Å². The second-order valence-corrected chi connectivity index (χ2v) is 7.03. The van der Waals surface area contributed by atoms with Crippen LogP contribution >= 0.6 is 0 Å². The van der Waals surface area contributed by atoms with Crippen LogP contribution in [0.15, 0.2) is 41.2 Å². The number of likely N-dealkylation sites (tertiary alicyclic amines) is 1. The second kappa shape index (κ2) is 7.06. The summed E-state index contributed by atoms with van der Waals surface area (Å²) in [6.07, 6.45) is 1.95. The van der Waals surface area contributed by atoms with Crippen LogP contribution in [-0.2, 0) is 4.79 Å². The maximum atomic E-state index is 13.5. The highest BCUT2D eigenvalue weighted by atomic mass is 19.1. The van der Waals surface area contributed by atoms with Crippen LogP contribution in [0.4, 0.5) is 4.39 Å². The minimum Gasteiger partial charge on any atom is -0.486 e. The number of ether oxygens (including phenoxy) is 2. The van der Waals surface area contributed by atoms with Gasteiger partial charge in [-0.25, -0.2) is 4.39 Å². The van der Waals surface area contributed by atoms with Gasteiger partial charge < -0.3 is 18.9 Å². The van der Waals surface area contributed by atoms with Gasteiger partial charge >= 0.3 is 0 Å². The summed E-state index contributed by atoms with van der Waals surface area (Å²) in [5.41, 5.74) is 0.851. The summed E-state index contributed by atoms with van der Waals surface area (Å²) < 4.78 is 26.4. The molecule has 0 radical (unpaired) electrons. The van der Waals surface area contributed by atoms with Gasteiger partial charge in [-0.15, -0.1) is 0 Å². The maximum Gasteiger partial charge on any atom is 0.260 e. The van der Waals surface area contributed by atoms with Crippen LogP contribution in [0, 0.1) is 12.7 Å². The molecule has 0 spiro atoms. The molecule has 1 saturated carbocycles. The molecule has 2 fully saturated rings. The number of halogens is 1. The summed E-state index contributed by atoms with van der Waals surface area (Å²) in [5.74, 6) is -0.121. The van der Waals surface area contributed by atoms with Gasteiger partial charge in [0.25, 0.3) is 11.5 Å². The maximum absolute atomic E-state index is 13.5. The number of hydrogen-bond donors (Lipinski definition) is 0. The Morgan fingerprint density at radius 1 is 1.22 bits per heavy atom. The van der Waals surface area contributed by atoms with E-state index in [0.29, 0.717) is 24.9 Å². The minimum absolute atomic E-state index is 0.0435. The van der Waals surface area contributed by atoms with E-state index in [4.69, 9.17) is 9.47 Å². The monoisotopic (exact) mass is 372 g/mol. The highest BCUT2D eigenvalue weighted by molar-refractivity contribution is 5.78. The second-order valence-electron chi connectivity index (χ2n) is 7.03. The smallest absolute Gasteiger partial charge is 0.260 e. The normalized spacial score (nSPS) is 16.7. The predicted octanol–water partition coefficient (Wildman–Crippen LogP) is 2.30. The van der Waals surface area contributed by atoms with Crippen molar-refractivity contribution >= 4 is 5.91 Å². The lowest BCUT2D eigenvalue weighted by Crippen LogP contribution is -2.57. The first-order valence-corrected chi connectivity index (χ1v) is 9.06. The standard InChI is InChI=1S/C20H21FN2O4/c1-13-8-15(9-19(24)23(13)14-6-7-14)27-16-10-22(11-16)20(25)12-26-18-5-3-2-4-17(18)21/h2-5,8-9,14,16H,6-7,10-12H2,1H3. The zero-order valence-corrected chi connectivity index (χ0v) is 15.1. The molecular weight excluding hydrogens is 351 g/mol. The Morgan fingerprint density at radius 2 is 1.96 bits per heavy atom. The van der Waals surface area contributed by atoms with Crippen molar-refractivity contribution in [2.75, 3.05) is 19.7 Å². The first-order valence-electron chi connectivity index (χ1n) is 9.06. The van der Waals surface area contributed by atoms with E-state index < -0.39 is 5.82 Å². The third-order valence-electron chi connectivity index (χ3n) is 4.84. The van der Waals surface area contributed by atoms with Gasteiger partial charge in [-0.3, -0.25) is 9.59 Å². The van der Waals surface area contributed by atoms with E-state index in [1.165, 1.54) is 18.2 Å². The number of benzene rings is 1. The molecule has 1 aliphatic heterocycles. The summed E-state index contributed by atoms with van der Waals surface area (Å²) in [6, 6.07) is 9.69. The van der Waals surface area contributed by atoms with E-state index in [1.807, 2.05) is 17.6 Å². The Hall–Kier alpha value is -2.83. The summed E-state index contributed by atoms with van der Waals surface area (Å²) >= 11 is 0. The van der Waals surface area contributed by atoms with Gasteiger partial charge in [0.2, 0.25) is 0 Å². The van der Waals surface area contributed by atoms with Crippen molar-refractivity contribution in [2.45, 2.75) is 31.9 Å². The quantitative estimate of drug-likeness (QED) is 0.781. The van der Waals surface area contributed by atoms with Crippen molar-refractivity contribution in [3.8, 4) is 11.5 Å². The van der Waals surface area contributed by atoms with Gasteiger partial charge in [-0.1, -0.05) is 12.1 Å². The summed E-state index contributed by atoms with van der Waals surface area (Å²) in [6.45, 7) is 2.53. The van der Waals surface area contributed by atoms with Crippen molar-refractivity contribution in [1.82, 2.24) is 9.47 Å². The zero-order chi connectivity index (χ0) is 19.0. The van der Waals surface area contributed by atoms with Gasteiger partial charge in [0, 0.05) is 17.8 Å². The van der Waals surface area contributed by atoms with Crippen molar-refractivity contribution in [2.24, 2.45) is 0 Å². The lowest BCUT2D eigenvalue weighted by Gasteiger charge is -2.38. The minimum atomic E-state index is -0.494. The molecule has 1 aliphatic carbocycles. The molecule has 7 heteroatoms. The third-order valence-corrected chi connectivity index (χ3v) is 4.84. The fourth-order valence-electron chi connectivity index (χ4n) is 3.25. The zero-order valence-electron chi connectivity index (χ0n) is 15.1. The Kier molecular flexibility index (Phi) is 4.59. The van der Waals surface area contributed by atoms with Crippen molar-refractivity contribution in [3.05, 3.63) is 58.3 Å². The van der Waals surface area contributed by atoms with Crippen LogP contribution in [-0.4, -0.2) is 41.2 Å². The average Bonchev–Trinajstić information content (AvgIpc) is 3.41. The van der Waals surface area contributed by atoms with Gasteiger partial charge in [-0.2, -0.15) is 0 Å². The van der Waals surface area contributed by atoms with E-state index in [1.54, 1.807) is 17.0 Å². The molecule has 1 saturated heterocycles. The Labute approximate surface area is 156 Å². The number of hydrogen-bond acceptors (Lipinski definition) is 4. The largest absolute Gasteiger partial charge is 0.486 e. The van der Waals surface area contributed by atoms with E-state index in [0.717, 1.165) is 18.5 Å². The number of rotatable bonds is 6. The van der Waals surface area contributed by atoms with Crippen molar-refractivity contribution in [1.29, 1.82) is 0 Å². The molecule has 27 heavy (non-hydrogen) atoms. The topological polar surface area (TPSA) is 60.8 Å². The molecule has 2 aliphatic rings. The average molecular weight is 372 g/mol. The SMILES string of the molecule is Cc1cc(OC2CN(C(=O)COc3ccccc3F)C2)cc(=O)n1C1CC1. The fourth-order valence-corrected chi connectivity index (χ4v) is 3.25. The number of amides is 1. The molecule has 1 aromatic carbocycles. The predicted molar refractivity (Wildman–Crippen MR) is 96.6 cm³/mol. The van der Waals surface area contributed by atoms with E-state index in [9.17, 15) is 14.0 Å². The highest BCUT2D eigenvalue weighted by Crippen LogP contribution is 2.35. The lowest BCUT2D eigenvalue weighted by molar-refractivity contribution is -0.142. The molecular formula is C20H21FN2O4. The first kappa shape index (κ1) is 17.6. The third kappa shape index (κ3) is 3.82. The van der Waals surface area contributed by atoms with Gasteiger partial charge in [0.05, 0.1) is 13.1 Å². The number of nitrogens with zero attached hydrogens (tertiary/aromatic N) is 2. The summed E-state index contributed by atoms with van der Waals surface area (Å²) in [7, 11) is 0. The molecule has 2 heterocycles. The van der Waals surface area contributed by atoms with Crippen molar-refractivity contribution in [3.63, 3.8) is 0 Å². The lowest BCUT2D eigenvalue weighted by atomic mass is 10.1. The Bertz CT molecular complexity index is 916. The van der Waals surface area contributed by atoms with Crippen LogP contribution in [0.5, 0.6) is 11.5 Å². The molecule has 0 bridgehead atoms. The first-order chi connectivity index (χ1) is 13.0. The summed E-state index contributed by atoms with van der Waals surface area (Å²) in [4.78, 5) is 25.9. The molecule has 0 atom stereocenters. The number of carbonyl (C=O) groups excluding carboxylic acids is 1. The number of carbonyl (C=O) groups is 1. The van der Waals surface area contributed by atoms with Crippen LogP contribution in [0.2, 0.25) is 0 Å². The molecule has 6 nitrogen and oxygen atoms in total. The Morgan fingerprint density at radius 3 is 2.63 bits per heavy atom.